The van der Waals surface area contributed by atoms with Gasteiger partial charge in [0.25, 0.3) is 0 Å². The van der Waals surface area contributed by atoms with Crippen LogP contribution >= 0.6 is 24.0 Å². The summed E-state index contributed by atoms with van der Waals surface area (Å²) in [5.74, 6) is 1.29. The van der Waals surface area contributed by atoms with Crippen molar-refractivity contribution in [1.29, 1.82) is 0 Å². The number of rotatable bonds is 8. The van der Waals surface area contributed by atoms with E-state index in [2.05, 4.69) is 31.5 Å². The van der Waals surface area contributed by atoms with Crippen molar-refractivity contribution in [3.05, 3.63) is 36.4 Å². The Balaban J connectivity index is 1.32. The summed E-state index contributed by atoms with van der Waals surface area (Å²) in [7, 11) is 1.85. The minimum Gasteiger partial charge on any atom is -0.467 e. The smallest absolute Gasteiger partial charge is 0.248 e. The van der Waals surface area contributed by atoms with E-state index in [4.69, 9.17) is 21.4 Å². The summed E-state index contributed by atoms with van der Waals surface area (Å²) in [5.41, 5.74) is 5.98. The number of hydrazine groups is 1. The molecule has 1 amide bonds. The summed E-state index contributed by atoms with van der Waals surface area (Å²) in [6.07, 6.45) is 5.56. The Morgan fingerprint density at radius 3 is 2.97 bits per heavy atom. The molecule has 0 bridgehead atoms. The van der Waals surface area contributed by atoms with Gasteiger partial charge in [-0.05, 0) is 43.3 Å². The van der Waals surface area contributed by atoms with Crippen LogP contribution in [-0.4, -0.2) is 54.0 Å². The number of amides is 1. The number of hydrogen-bond acceptors (Lipinski definition) is 8. The molecule has 11 nitrogen and oxygen atoms in total. The molecule has 170 valence electrons. The number of nitrogens with one attached hydrogen (secondary N) is 3. The first-order valence-electron chi connectivity index (χ1n) is 10.1. The third-order valence-electron chi connectivity index (χ3n) is 4.72. The van der Waals surface area contributed by atoms with Crippen molar-refractivity contribution in [2.75, 3.05) is 12.4 Å². The van der Waals surface area contributed by atoms with E-state index in [-0.39, 0.29) is 17.8 Å². The molecule has 32 heavy (non-hydrogen) atoms. The van der Waals surface area contributed by atoms with Crippen LogP contribution < -0.4 is 16.2 Å². The largest absolute Gasteiger partial charge is 0.467 e. The molecular formula is C19H24N8O3S2. The summed E-state index contributed by atoms with van der Waals surface area (Å²) in [4.78, 5) is 12.3. The van der Waals surface area contributed by atoms with Gasteiger partial charge in [0.05, 0.1) is 31.2 Å². The van der Waals surface area contributed by atoms with E-state index in [9.17, 15) is 4.79 Å². The fourth-order valence-electron chi connectivity index (χ4n) is 3.19. The predicted molar refractivity (Wildman–Crippen MR) is 121 cm³/mol. The van der Waals surface area contributed by atoms with Crippen molar-refractivity contribution in [2.45, 2.75) is 37.2 Å². The molecule has 1 atom stereocenters. The van der Waals surface area contributed by atoms with Crippen LogP contribution in [0.5, 0.6) is 0 Å². The zero-order chi connectivity index (χ0) is 22.3. The van der Waals surface area contributed by atoms with Gasteiger partial charge in [0, 0.05) is 19.9 Å². The van der Waals surface area contributed by atoms with Gasteiger partial charge >= 0.3 is 0 Å². The van der Waals surface area contributed by atoms with Gasteiger partial charge in [0.15, 0.2) is 16.1 Å². The highest BCUT2D eigenvalue weighted by Gasteiger charge is 2.23. The van der Waals surface area contributed by atoms with E-state index in [0.717, 1.165) is 30.9 Å². The van der Waals surface area contributed by atoms with Crippen LogP contribution in [0.1, 0.15) is 18.6 Å². The van der Waals surface area contributed by atoms with Crippen molar-refractivity contribution >= 4 is 35.0 Å². The lowest BCUT2D eigenvalue weighted by Gasteiger charge is -2.14. The first-order chi connectivity index (χ1) is 15.6. The molecule has 0 aliphatic carbocycles. The van der Waals surface area contributed by atoms with Crippen molar-refractivity contribution in [3.8, 4) is 11.5 Å². The van der Waals surface area contributed by atoms with Gasteiger partial charge in [0.1, 0.15) is 11.5 Å². The summed E-state index contributed by atoms with van der Waals surface area (Å²) in [6.45, 7) is 1.80. The highest BCUT2D eigenvalue weighted by Crippen LogP contribution is 2.25. The lowest BCUT2D eigenvalue weighted by molar-refractivity contribution is -0.119. The van der Waals surface area contributed by atoms with E-state index < -0.39 is 0 Å². The molecule has 3 N–H and O–H groups in total. The van der Waals surface area contributed by atoms with Crippen molar-refractivity contribution in [3.63, 3.8) is 0 Å². The molecular weight excluding hydrogens is 452 g/mol. The van der Waals surface area contributed by atoms with Crippen LogP contribution in [0, 0.1) is 0 Å². The van der Waals surface area contributed by atoms with Crippen LogP contribution in [0.3, 0.4) is 0 Å². The summed E-state index contributed by atoms with van der Waals surface area (Å²) < 4.78 is 14.7. The molecule has 1 aliphatic rings. The van der Waals surface area contributed by atoms with Crippen LogP contribution in [0.4, 0.5) is 0 Å². The number of thiocarbonyl (C=S) groups is 1. The molecule has 0 saturated carbocycles. The lowest BCUT2D eigenvalue weighted by Crippen LogP contribution is -2.47. The molecule has 1 fully saturated rings. The van der Waals surface area contributed by atoms with Crippen LogP contribution in [0.25, 0.3) is 11.5 Å². The number of carbonyl (C=O) groups excluding carboxylic acids is 1. The maximum Gasteiger partial charge on any atom is 0.248 e. The Morgan fingerprint density at radius 1 is 1.34 bits per heavy atom. The molecule has 0 unspecified atom stereocenters. The highest BCUT2D eigenvalue weighted by atomic mass is 32.2. The SMILES string of the molecule is Cn1ccc(-c2nnc(SCC(=O)NNC(=S)NCc3ccco3)n2C[C@H]2CCCO2)n1. The third kappa shape index (κ3) is 5.87. The van der Waals surface area contributed by atoms with Crippen molar-refractivity contribution < 1.29 is 13.9 Å². The zero-order valence-corrected chi connectivity index (χ0v) is 19.1. The Labute approximate surface area is 194 Å². The minimum atomic E-state index is -0.247. The maximum atomic E-state index is 12.3. The third-order valence-corrected chi connectivity index (χ3v) is 5.93. The molecule has 0 aromatic carbocycles. The number of nitrogens with zero attached hydrogens (tertiary/aromatic N) is 5. The monoisotopic (exact) mass is 476 g/mol. The van der Waals surface area contributed by atoms with Crippen LogP contribution in [-0.2, 0) is 29.7 Å². The first kappa shape index (κ1) is 22.3. The Kier molecular flexibility index (Phi) is 7.39. The number of ether oxygens (including phenoxy) is 1. The Morgan fingerprint density at radius 2 is 2.25 bits per heavy atom. The number of thioether (sulfide) groups is 1. The Hall–Kier alpha value is -2.90. The molecule has 1 saturated heterocycles. The highest BCUT2D eigenvalue weighted by molar-refractivity contribution is 7.99. The van der Waals surface area contributed by atoms with Gasteiger partial charge in [0.2, 0.25) is 5.91 Å². The molecule has 13 heteroatoms. The molecule has 3 aromatic heterocycles. The van der Waals surface area contributed by atoms with E-state index in [1.807, 2.05) is 29.9 Å². The molecule has 4 rings (SSSR count). The van der Waals surface area contributed by atoms with Crippen LogP contribution in [0.15, 0.2) is 40.2 Å². The van der Waals surface area contributed by atoms with Gasteiger partial charge in [-0.25, -0.2) is 0 Å². The van der Waals surface area contributed by atoms with Gasteiger partial charge in [-0.1, -0.05) is 11.8 Å². The normalized spacial score (nSPS) is 15.6. The van der Waals surface area contributed by atoms with Gasteiger partial charge in [-0.3, -0.25) is 24.9 Å². The van der Waals surface area contributed by atoms with Gasteiger partial charge in [-0.2, -0.15) is 5.10 Å². The van der Waals surface area contributed by atoms with E-state index >= 15 is 0 Å². The van der Waals surface area contributed by atoms with Crippen molar-refractivity contribution in [2.24, 2.45) is 7.05 Å². The summed E-state index contributed by atoms with van der Waals surface area (Å²) in [5, 5.41) is 16.9. The van der Waals surface area contributed by atoms with Crippen LogP contribution in [0.2, 0.25) is 0 Å². The second-order valence-corrected chi connectivity index (χ2v) is 8.50. The quantitative estimate of drug-likeness (QED) is 0.248. The number of furan rings is 1. The summed E-state index contributed by atoms with van der Waals surface area (Å²) in [6, 6.07) is 5.51. The molecule has 0 spiro atoms. The molecule has 1 aliphatic heterocycles. The fraction of sp³-hybridized carbons (Fsp3) is 0.421. The van der Waals surface area contributed by atoms with Crippen molar-refractivity contribution in [1.82, 2.24) is 40.7 Å². The predicted octanol–water partition coefficient (Wildman–Crippen LogP) is 1.24. The second-order valence-electron chi connectivity index (χ2n) is 7.15. The fourth-order valence-corrected chi connectivity index (χ4v) is 4.06. The topological polar surface area (TPSA) is 124 Å². The second kappa shape index (κ2) is 10.6. The number of hydrogen-bond donors (Lipinski definition) is 3. The van der Waals surface area contributed by atoms with E-state index in [1.165, 1.54) is 11.8 Å². The summed E-state index contributed by atoms with van der Waals surface area (Å²) >= 11 is 6.44. The first-order valence-corrected chi connectivity index (χ1v) is 11.5. The minimum absolute atomic E-state index is 0.0981. The zero-order valence-electron chi connectivity index (χ0n) is 17.5. The molecule has 0 radical (unpaired) electrons. The molecule has 4 heterocycles. The number of aromatic nitrogens is 5. The standard InChI is InChI=1S/C19H24N8O3S2/c1-26-7-6-15(25-26)17-22-24-19(27(17)11-14-5-3-9-30-14)32-12-16(28)21-23-18(31)20-10-13-4-2-8-29-13/h2,4,6-8,14H,3,5,9-12H2,1H3,(H,21,28)(H2,20,23,31)/t14-/m1/s1. The maximum absolute atomic E-state index is 12.3. The lowest BCUT2D eigenvalue weighted by atomic mass is 10.2. The molecule has 3 aromatic rings. The van der Waals surface area contributed by atoms with Gasteiger partial charge in [-0.15, -0.1) is 10.2 Å². The Bertz CT molecular complexity index is 1040. The van der Waals surface area contributed by atoms with Gasteiger partial charge < -0.3 is 14.5 Å². The number of carbonyl (C=O) groups is 1. The van der Waals surface area contributed by atoms with E-state index in [0.29, 0.717) is 29.2 Å². The number of aryl methyl sites for hydroxylation is 1. The average molecular weight is 477 g/mol. The average Bonchev–Trinajstić information content (AvgIpc) is 3.58. The van der Waals surface area contributed by atoms with E-state index in [1.54, 1.807) is 17.0 Å².